The number of hydrogen-bond donors (Lipinski definition) is 2. The summed E-state index contributed by atoms with van der Waals surface area (Å²) in [5.74, 6) is -2.90. The van der Waals surface area contributed by atoms with E-state index >= 15 is 0 Å². The summed E-state index contributed by atoms with van der Waals surface area (Å²) >= 11 is 0. The third-order valence-corrected chi connectivity index (χ3v) is 4.40. The molecule has 0 aliphatic rings. The first-order valence-corrected chi connectivity index (χ1v) is 7.79. The number of ether oxygens (including phenoxy) is 2. The van der Waals surface area contributed by atoms with Crippen molar-refractivity contribution >= 4 is 16.0 Å². The Bertz CT molecular complexity index is 659. The molecule has 1 rings (SSSR count). The van der Waals surface area contributed by atoms with Crippen molar-refractivity contribution < 1.29 is 32.2 Å². The van der Waals surface area contributed by atoms with Gasteiger partial charge in [0.25, 0.3) is 0 Å². The Kier molecular flexibility index (Phi) is 5.72. The van der Waals surface area contributed by atoms with Gasteiger partial charge in [0.2, 0.25) is 10.0 Å². The van der Waals surface area contributed by atoms with Crippen molar-refractivity contribution in [1.82, 2.24) is 4.72 Å². The van der Waals surface area contributed by atoms with E-state index in [-0.39, 0.29) is 11.5 Å². The Morgan fingerprint density at radius 2 is 1.73 bits per heavy atom. The van der Waals surface area contributed by atoms with Crippen LogP contribution in [0.3, 0.4) is 0 Å². The summed E-state index contributed by atoms with van der Waals surface area (Å²) in [7, 11) is -1.83. The molecule has 22 heavy (non-hydrogen) atoms. The van der Waals surface area contributed by atoms with E-state index in [4.69, 9.17) is 14.6 Å². The van der Waals surface area contributed by atoms with Crippen molar-refractivity contribution in [2.45, 2.75) is 24.8 Å². The van der Waals surface area contributed by atoms with Crippen LogP contribution >= 0.6 is 0 Å². The zero-order chi connectivity index (χ0) is 17.1. The summed E-state index contributed by atoms with van der Waals surface area (Å²) in [6.45, 7) is 3.07. The molecule has 0 heterocycles. The van der Waals surface area contributed by atoms with Gasteiger partial charge in [0, 0.05) is 12.1 Å². The molecule has 0 fully saturated rings. The van der Waals surface area contributed by atoms with Crippen molar-refractivity contribution in [3.8, 4) is 11.5 Å². The van der Waals surface area contributed by atoms with Crippen LogP contribution in [0.15, 0.2) is 17.0 Å². The van der Waals surface area contributed by atoms with Gasteiger partial charge in [0.05, 0.1) is 14.2 Å². The molecule has 0 amide bonds. The molecule has 0 aromatic heterocycles. The molecule has 1 aromatic carbocycles. The summed E-state index contributed by atoms with van der Waals surface area (Å²) in [6, 6.07) is 0.423. The molecule has 0 spiro atoms. The van der Waals surface area contributed by atoms with Gasteiger partial charge >= 0.3 is 5.97 Å². The molecule has 0 saturated heterocycles. The van der Waals surface area contributed by atoms with Crippen molar-refractivity contribution in [1.29, 1.82) is 0 Å². The molecule has 0 bridgehead atoms. The van der Waals surface area contributed by atoms with E-state index in [9.17, 15) is 17.6 Å². The van der Waals surface area contributed by atoms with E-state index in [0.717, 1.165) is 12.1 Å². The van der Waals surface area contributed by atoms with E-state index in [1.165, 1.54) is 28.1 Å². The highest BCUT2D eigenvalue weighted by molar-refractivity contribution is 7.89. The van der Waals surface area contributed by atoms with Gasteiger partial charge in [-0.05, 0) is 5.92 Å². The normalized spacial score (nSPS) is 13.0. The molecule has 0 aliphatic heterocycles. The van der Waals surface area contributed by atoms with Crippen LogP contribution < -0.4 is 14.2 Å². The van der Waals surface area contributed by atoms with Gasteiger partial charge in [0.15, 0.2) is 11.5 Å². The van der Waals surface area contributed by atoms with Crippen LogP contribution in [-0.4, -0.2) is 39.8 Å². The number of carboxylic acids is 1. The zero-order valence-corrected chi connectivity index (χ0v) is 13.4. The van der Waals surface area contributed by atoms with Crippen LogP contribution in [0.25, 0.3) is 0 Å². The predicted molar refractivity (Wildman–Crippen MR) is 76.1 cm³/mol. The van der Waals surface area contributed by atoms with Crippen molar-refractivity contribution in [3.63, 3.8) is 0 Å². The van der Waals surface area contributed by atoms with Crippen LogP contribution in [0.5, 0.6) is 11.5 Å². The van der Waals surface area contributed by atoms with Crippen molar-refractivity contribution in [2.24, 2.45) is 5.92 Å². The molecular formula is C13H18FNO6S. The molecule has 9 heteroatoms. The highest BCUT2D eigenvalue weighted by atomic mass is 32.2. The minimum absolute atomic E-state index is 0.0145. The molecule has 2 N–H and O–H groups in total. The molecule has 1 unspecified atom stereocenters. The van der Waals surface area contributed by atoms with Gasteiger partial charge in [-0.2, -0.15) is 4.72 Å². The number of carbonyl (C=O) groups is 1. The molecule has 1 aromatic rings. The lowest BCUT2D eigenvalue weighted by Crippen LogP contribution is -2.44. The number of halogens is 1. The maximum absolute atomic E-state index is 14.0. The Hall–Kier alpha value is -1.87. The highest BCUT2D eigenvalue weighted by Gasteiger charge is 2.30. The topological polar surface area (TPSA) is 102 Å². The van der Waals surface area contributed by atoms with Crippen molar-refractivity contribution in [2.75, 3.05) is 14.2 Å². The number of nitrogens with one attached hydrogen (secondary N) is 1. The highest BCUT2D eigenvalue weighted by Crippen LogP contribution is 2.32. The largest absolute Gasteiger partial charge is 0.493 e. The molecule has 0 aliphatic carbocycles. The summed E-state index contributed by atoms with van der Waals surface area (Å²) in [5, 5.41) is 9.04. The first kappa shape index (κ1) is 18.2. The SMILES string of the molecule is COc1cc(F)c(S(=O)(=O)NC(C(=O)O)C(C)C)cc1OC. The van der Waals surface area contributed by atoms with Gasteiger partial charge in [-0.25, -0.2) is 12.8 Å². The maximum Gasteiger partial charge on any atom is 0.322 e. The summed E-state index contributed by atoms with van der Waals surface area (Å²) in [5.41, 5.74) is 0. The van der Waals surface area contributed by atoms with Crippen LogP contribution in [0.1, 0.15) is 13.8 Å². The molecule has 1 atom stereocenters. The second kappa shape index (κ2) is 6.93. The lowest BCUT2D eigenvalue weighted by Gasteiger charge is -2.19. The number of carboxylic acid groups (broad SMARTS) is 1. The molecule has 124 valence electrons. The quantitative estimate of drug-likeness (QED) is 0.777. The van der Waals surface area contributed by atoms with Gasteiger partial charge in [0.1, 0.15) is 16.8 Å². The number of benzene rings is 1. The van der Waals surface area contributed by atoms with Gasteiger partial charge in [-0.1, -0.05) is 13.8 Å². The summed E-state index contributed by atoms with van der Waals surface area (Å²) in [6.07, 6.45) is 0. The van der Waals surface area contributed by atoms with Crippen molar-refractivity contribution in [3.05, 3.63) is 17.9 Å². The van der Waals surface area contributed by atoms with Crippen LogP contribution in [0.4, 0.5) is 4.39 Å². The lowest BCUT2D eigenvalue weighted by molar-refractivity contribution is -0.140. The second-order valence-electron chi connectivity index (χ2n) is 4.82. The predicted octanol–water partition coefficient (Wildman–Crippen LogP) is 1.23. The van der Waals surface area contributed by atoms with E-state index in [2.05, 4.69) is 0 Å². The Balaban J connectivity index is 3.31. The minimum atomic E-state index is -4.38. The van der Waals surface area contributed by atoms with E-state index in [0.29, 0.717) is 0 Å². The third-order valence-electron chi connectivity index (χ3n) is 2.94. The zero-order valence-electron chi connectivity index (χ0n) is 12.6. The lowest BCUT2D eigenvalue weighted by atomic mass is 10.1. The first-order chi connectivity index (χ1) is 10.1. The van der Waals surface area contributed by atoms with E-state index in [1.807, 2.05) is 4.72 Å². The van der Waals surface area contributed by atoms with Crippen LogP contribution in [-0.2, 0) is 14.8 Å². The van der Waals surface area contributed by atoms with Gasteiger partial charge < -0.3 is 14.6 Å². The molecular weight excluding hydrogens is 317 g/mol. The fraction of sp³-hybridized carbons (Fsp3) is 0.462. The number of hydrogen-bond acceptors (Lipinski definition) is 5. The average Bonchev–Trinajstić information content (AvgIpc) is 2.43. The fourth-order valence-electron chi connectivity index (χ4n) is 1.74. The summed E-state index contributed by atoms with van der Waals surface area (Å²) in [4.78, 5) is 10.4. The smallest absolute Gasteiger partial charge is 0.322 e. The monoisotopic (exact) mass is 335 g/mol. The minimum Gasteiger partial charge on any atom is -0.493 e. The molecule has 0 saturated carbocycles. The molecule has 7 nitrogen and oxygen atoms in total. The van der Waals surface area contributed by atoms with Gasteiger partial charge in [-0.15, -0.1) is 0 Å². The Labute approximate surface area is 128 Å². The number of rotatable bonds is 7. The number of sulfonamides is 1. The Morgan fingerprint density at radius 1 is 1.23 bits per heavy atom. The first-order valence-electron chi connectivity index (χ1n) is 6.30. The second-order valence-corrected chi connectivity index (χ2v) is 6.50. The number of methoxy groups -OCH3 is 2. The third kappa shape index (κ3) is 3.86. The Morgan fingerprint density at radius 3 is 2.14 bits per heavy atom. The van der Waals surface area contributed by atoms with Crippen LogP contribution in [0.2, 0.25) is 0 Å². The summed E-state index contributed by atoms with van der Waals surface area (Å²) < 4.78 is 50.2. The molecule has 0 radical (unpaired) electrons. The van der Waals surface area contributed by atoms with Gasteiger partial charge in [-0.3, -0.25) is 4.79 Å². The van der Waals surface area contributed by atoms with E-state index in [1.54, 1.807) is 0 Å². The maximum atomic E-state index is 14.0. The van der Waals surface area contributed by atoms with E-state index < -0.39 is 38.7 Å². The number of aliphatic carboxylic acids is 1. The average molecular weight is 335 g/mol. The van der Waals surface area contributed by atoms with Crippen LogP contribution in [0, 0.1) is 11.7 Å². The fourth-order valence-corrected chi connectivity index (χ4v) is 3.16. The standard InChI is InChI=1S/C13H18FNO6S/c1-7(2)12(13(16)17)15-22(18,19)11-6-10(21-4)9(20-3)5-8(11)14/h5-7,12,15H,1-4H3,(H,16,17).